The van der Waals surface area contributed by atoms with E-state index in [-0.39, 0.29) is 33.6 Å². The maximum absolute atomic E-state index is 12.8. The third kappa shape index (κ3) is 7.11. The fourth-order valence-electron chi connectivity index (χ4n) is 4.09. The first-order valence-electron chi connectivity index (χ1n) is 12.2. The number of rotatable bonds is 11. The molecule has 0 atom stereocenters. The number of carbonyl (C=O) groups excluding carboxylic acids is 2. The minimum absolute atomic E-state index is 0.0326. The van der Waals surface area contributed by atoms with E-state index in [1.807, 2.05) is 0 Å². The van der Waals surface area contributed by atoms with E-state index in [1.54, 1.807) is 25.1 Å². The van der Waals surface area contributed by atoms with Crippen molar-refractivity contribution in [3.8, 4) is 11.5 Å². The van der Waals surface area contributed by atoms with Gasteiger partial charge in [-0.2, -0.15) is 37.2 Å². The Hall–Kier alpha value is -4.52. The quantitative estimate of drug-likeness (QED) is 0.138. The Labute approximate surface area is 245 Å². The molecule has 2 amide bonds. The molecule has 228 valence electrons. The van der Waals surface area contributed by atoms with Crippen molar-refractivity contribution in [3.05, 3.63) is 60.7 Å². The maximum atomic E-state index is 12.8. The largest absolute Gasteiger partial charge is 0.496 e. The van der Waals surface area contributed by atoms with E-state index in [9.17, 15) is 26.4 Å². The Bertz CT molecular complexity index is 1930. The summed E-state index contributed by atoms with van der Waals surface area (Å²) in [4.78, 5) is 24.0. The summed E-state index contributed by atoms with van der Waals surface area (Å²) in [5.74, 6) is 9.45. The minimum atomic E-state index is -4.35. The monoisotopic (exact) mass is 634 g/mol. The summed E-state index contributed by atoms with van der Waals surface area (Å²) >= 11 is 0. The van der Waals surface area contributed by atoms with Gasteiger partial charge in [-0.3, -0.25) is 0 Å². The Balaban J connectivity index is 1.62. The highest BCUT2D eigenvalue weighted by Crippen LogP contribution is 2.33. The maximum Gasteiger partial charge on any atom is 0.344 e. The average molecular weight is 635 g/mol. The van der Waals surface area contributed by atoms with Crippen LogP contribution >= 0.6 is 0 Å². The highest BCUT2D eigenvalue weighted by molar-refractivity contribution is 7.87. The SMILES string of the molecule is CCOC(=O)COc1cc(S(=O)(=O)ON)cc2cc(NC(=O)Nc3ccc4c(OC)cc(S(=O)(=O)ON)cc4c3)ccc12. The van der Waals surface area contributed by atoms with Gasteiger partial charge in [-0.15, -0.1) is 0 Å². The lowest BCUT2D eigenvalue weighted by Gasteiger charge is -2.14. The van der Waals surface area contributed by atoms with Gasteiger partial charge in [0.1, 0.15) is 11.5 Å². The Morgan fingerprint density at radius 1 is 0.744 bits per heavy atom. The summed E-state index contributed by atoms with van der Waals surface area (Å²) in [5.41, 5.74) is 0.569. The number of hydrogen-bond acceptors (Lipinski definition) is 13. The molecule has 6 N–H and O–H groups in total. The number of methoxy groups -OCH3 is 1. The number of amides is 2. The summed E-state index contributed by atoms with van der Waals surface area (Å²) in [6.07, 6.45) is 0. The molecule has 0 saturated carbocycles. The molecule has 0 spiro atoms. The smallest absolute Gasteiger partial charge is 0.344 e. The van der Waals surface area contributed by atoms with Gasteiger partial charge in [0, 0.05) is 34.3 Å². The second-order valence-corrected chi connectivity index (χ2v) is 11.8. The van der Waals surface area contributed by atoms with Gasteiger partial charge >= 0.3 is 32.2 Å². The molecule has 4 aromatic carbocycles. The molecule has 0 bridgehead atoms. The fourth-order valence-corrected chi connectivity index (χ4v) is 5.36. The van der Waals surface area contributed by atoms with Crippen molar-refractivity contribution in [3.63, 3.8) is 0 Å². The van der Waals surface area contributed by atoms with Gasteiger partial charge in [0.2, 0.25) is 0 Å². The van der Waals surface area contributed by atoms with E-state index in [4.69, 9.17) is 26.0 Å². The molecule has 0 aliphatic heterocycles. The van der Waals surface area contributed by atoms with Crippen molar-refractivity contribution >= 4 is 65.2 Å². The van der Waals surface area contributed by atoms with E-state index in [0.717, 1.165) is 6.07 Å². The number of anilines is 2. The van der Waals surface area contributed by atoms with Crippen LogP contribution < -0.4 is 31.9 Å². The van der Waals surface area contributed by atoms with E-state index < -0.39 is 38.8 Å². The van der Waals surface area contributed by atoms with Gasteiger partial charge in [0.15, 0.2) is 6.61 Å². The van der Waals surface area contributed by atoms with Crippen molar-refractivity contribution in [1.29, 1.82) is 0 Å². The van der Waals surface area contributed by atoms with E-state index >= 15 is 0 Å². The number of ether oxygens (including phenoxy) is 3. The second-order valence-electron chi connectivity index (χ2n) is 8.69. The van der Waals surface area contributed by atoms with Gasteiger partial charge in [-0.1, -0.05) is 0 Å². The molecule has 0 aromatic heterocycles. The predicted octanol–water partition coefficient (Wildman–Crippen LogP) is 2.75. The number of urea groups is 1. The molecule has 43 heavy (non-hydrogen) atoms. The molecule has 17 heteroatoms. The van der Waals surface area contributed by atoms with Crippen LogP contribution in [0.3, 0.4) is 0 Å². The Kier molecular flexibility index (Phi) is 9.34. The first-order valence-corrected chi connectivity index (χ1v) is 15.0. The topological polar surface area (TPSA) is 225 Å². The van der Waals surface area contributed by atoms with Gasteiger partial charge in [0.05, 0.1) is 23.5 Å². The van der Waals surface area contributed by atoms with Gasteiger partial charge < -0.3 is 24.8 Å². The summed E-state index contributed by atoms with van der Waals surface area (Å²) in [6, 6.07) is 13.6. The van der Waals surface area contributed by atoms with Crippen molar-refractivity contribution in [2.45, 2.75) is 16.7 Å². The molecule has 4 rings (SSSR count). The van der Waals surface area contributed by atoms with Crippen LogP contribution in [0.25, 0.3) is 21.5 Å². The van der Waals surface area contributed by atoms with E-state index in [0.29, 0.717) is 27.2 Å². The third-order valence-electron chi connectivity index (χ3n) is 5.99. The van der Waals surface area contributed by atoms with E-state index in [1.165, 1.54) is 43.5 Å². The lowest BCUT2D eigenvalue weighted by Crippen LogP contribution is -2.19. The van der Waals surface area contributed by atoms with Crippen molar-refractivity contribution < 1.29 is 49.2 Å². The molecule has 0 unspecified atom stereocenters. The highest BCUT2D eigenvalue weighted by atomic mass is 32.2. The van der Waals surface area contributed by atoms with Crippen molar-refractivity contribution in [2.24, 2.45) is 11.8 Å². The fraction of sp³-hybridized carbons (Fsp3) is 0.154. The molecule has 0 radical (unpaired) electrons. The molecule has 15 nitrogen and oxygen atoms in total. The van der Waals surface area contributed by atoms with Gasteiger partial charge in [-0.25, -0.2) is 9.59 Å². The Morgan fingerprint density at radius 3 is 1.70 bits per heavy atom. The normalized spacial score (nSPS) is 11.7. The second kappa shape index (κ2) is 12.8. The number of benzene rings is 4. The average Bonchev–Trinajstić information content (AvgIpc) is 2.98. The number of nitrogens with one attached hydrogen (secondary N) is 2. The van der Waals surface area contributed by atoms with Crippen LogP contribution in [0.4, 0.5) is 16.2 Å². The molecule has 0 heterocycles. The summed E-state index contributed by atoms with van der Waals surface area (Å²) in [5, 5.41) is 6.96. The predicted molar refractivity (Wildman–Crippen MR) is 154 cm³/mol. The zero-order valence-corrected chi connectivity index (χ0v) is 24.3. The standard InChI is InChI=1S/C26H26N4O11S2/c1-3-38-25(31)14-39-24-13-20(43(35,36)41-28)11-16-9-18(5-7-22(16)24)30-26(32)29-17-4-6-21-15(8-17)10-19(12-23(21)37-2)42(33,34)40-27/h4-13H,3,14,27-28H2,1-2H3,(H2,29,30,32). The summed E-state index contributed by atoms with van der Waals surface area (Å²) < 4.78 is 72.7. The third-order valence-corrected chi connectivity index (χ3v) is 8.13. The van der Waals surface area contributed by atoms with Crippen molar-refractivity contribution in [1.82, 2.24) is 0 Å². The molecule has 0 aliphatic carbocycles. The van der Waals surface area contributed by atoms with Gasteiger partial charge in [-0.05, 0) is 66.2 Å². The van der Waals surface area contributed by atoms with Crippen molar-refractivity contribution in [2.75, 3.05) is 31.0 Å². The minimum Gasteiger partial charge on any atom is -0.496 e. The van der Waals surface area contributed by atoms with Crippen LogP contribution in [0.1, 0.15) is 6.92 Å². The summed E-state index contributed by atoms with van der Waals surface area (Å²) in [6.45, 7) is 1.28. The number of nitrogens with two attached hydrogens (primary N) is 2. The molecular weight excluding hydrogens is 608 g/mol. The van der Waals surface area contributed by atoms with Gasteiger partial charge in [0.25, 0.3) is 0 Å². The molecular formula is C26H26N4O11S2. The number of carbonyl (C=O) groups is 2. The van der Waals surface area contributed by atoms with Crippen LogP contribution in [-0.2, 0) is 38.3 Å². The molecule has 0 aliphatic rings. The highest BCUT2D eigenvalue weighted by Gasteiger charge is 2.20. The molecule has 0 saturated heterocycles. The van der Waals surface area contributed by atoms with Crippen LogP contribution in [0.5, 0.6) is 11.5 Å². The lowest BCUT2D eigenvalue weighted by molar-refractivity contribution is -0.145. The van der Waals surface area contributed by atoms with E-state index in [2.05, 4.69) is 19.2 Å². The first kappa shape index (κ1) is 31.4. The lowest BCUT2D eigenvalue weighted by atomic mass is 10.1. The number of fused-ring (bicyclic) bond motifs is 2. The van der Waals surface area contributed by atoms with Crippen LogP contribution in [0.15, 0.2) is 70.5 Å². The van der Waals surface area contributed by atoms with Crippen LogP contribution in [0.2, 0.25) is 0 Å². The Morgan fingerprint density at radius 2 is 1.23 bits per heavy atom. The van der Waals surface area contributed by atoms with Crippen LogP contribution in [-0.4, -0.2) is 49.2 Å². The zero-order chi connectivity index (χ0) is 31.4. The molecule has 4 aromatic rings. The zero-order valence-electron chi connectivity index (χ0n) is 22.6. The first-order chi connectivity index (χ1) is 20.4. The number of hydrogen-bond donors (Lipinski definition) is 4. The molecule has 0 fully saturated rings. The number of esters is 1. The van der Waals surface area contributed by atoms with Crippen LogP contribution in [0, 0.1) is 0 Å². The summed E-state index contributed by atoms with van der Waals surface area (Å²) in [7, 11) is -7.22.